The van der Waals surface area contributed by atoms with Gasteiger partial charge in [0.1, 0.15) is 6.04 Å². The van der Waals surface area contributed by atoms with Crippen LogP contribution in [0, 0.1) is 6.92 Å². The van der Waals surface area contributed by atoms with Gasteiger partial charge < -0.3 is 15.4 Å². The van der Waals surface area contributed by atoms with Crippen molar-refractivity contribution in [1.29, 1.82) is 0 Å². The molecule has 0 heterocycles. The van der Waals surface area contributed by atoms with Gasteiger partial charge in [0.25, 0.3) is 0 Å². The summed E-state index contributed by atoms with van der Waals surface area (Å²) in [4.78, 5) is 24.5. The van der Waals surface area contributed by atoms with Crippen LogP contribution in [0.3, 0.4) is 0 Å². The van der Waals surface area contributed by atoms with Crippen molar-refractivity contribution in [3.05, 3.63) is 59.7 Å². The smallest absolute Gasteiger partial charge is 0.407 e. The zero-order valence-electron chi connectivity index (χ0n) is 15.4. The van der Waals surface area contributed by atoms with E-state index in [1.807, 2.05) is 30.3 Å². The number of rotatable bonds is 6. The lowest BCUT2D eigenvalue weighted by Gasteiger charge is -2.19. The molecule has 7 nitrogen and oxygen atoms in total. The van der Waals surface area contributed by atoms with Gasteiger partial charge in [0, 0.05) is 18.4 Å². The van der Waals surface area contributed by atoms with E-state index in [1.165, 1.54) is 19.2 Å². The lowest BCUT2D eigenvalue weighted by molar-refractivity contribution is -0.118. The van der Waals surface area contributed by atoms with E-state index in [0.29, 0.717) is 11.3 Å². The van der Waals surface area contributed by atoms with E-state index < -0.39 is 27.9 Å². The maximum Gasteiger partial charge on any atom is 0.407 e. The fourth-order valence-electron chi connectivity index (χ4n) is 2.45. The van der Waals surface area contributed by atoms with Crippen molar-refractivity contribution in [3.8, 4) is 0 Å². The van der Waals surface area contributed by atoms with Gasteiger partial charge in [-0.1, -0.05) is 36.4 Å². The highest BCUT2D eigenvalue weighted by atomic mass is 32.2. The Balaban J connectivity index is 2.26. The predicted octanol–water partition coefficient (Wildman–Crippen LogP) is 2.30. The summed E-state index contributed by atoms with van der Waals surface area (Å²) in [6.45, 7) is 1.75. The van der Waals surface area contributed by atoms with Crippen LogP contribution >= 0.6 is 0 Å². The molecule has 144 valence electrons. The highest BCUT2D eigenvalue weighted by Gasteiger charge is 2.22. The van der Waals surface area contributed by atoms with E-state index >= 15 is 0 Å². The van der Waals surface area contributed by atoms with Crippen molar-refractivity contribution in [1.82, 2.24) is 5.32 Å². The number of nitrogens with one attached hydrogen (secondary N) is 2. The van der Waals surface area contributed by atoms with Gasteiger partial charge in [-0.25, -0.2) is 13.2 Å². The maximum absolute atomic E-state index is 12.8. The third-order valence-corrected chi connectivity index (χ3v) is 5.08. The van der Waals surface area contributed by atoms with Crippen molar-refractivity contribution in [2.75, 3.05) is 18.7 Å². The number of carbonyl (C=O) groups is 2. The lowest BCUT2D eigenvalue weighted by Crippen LogP contribution is -2.45. The molecule has 0 bridgehead atoms. The monoisotopic (exact) mass is 390 g/mol. The normalized spacial score (nSPS) is 12.1. The van der Waals surface area contributed by atoms with Gasteiger partial charge in [0.2, 0.25) is 5.91 Å². The summed E-state index contributed by atoms with van der Waals surface area (Å²) < 4.78 is 28.1. The molecule has 0 aromatic heterocycles. The zero-order valence-corrected chi connectivity index (χ0v) is 16.2. The summed E-state index contributed by atoms with van der Waals surface area (Å²) >= 11 is 0. The number of anilines is 1. The second kappa shape index (κ2) is 8.68. The highest BCUT2D eigenvalue weighted by molar-refractivity contribution is 7.90. The van der Waals surface area contributed by atoms with Crippen LogP contribution in [0.5, 0.6) is 0 Å². The molecule has 0 aliphatic heterocycles. The number of hydrogen-bond acceptors (Lipinski definition) is 5. The second-order valence-electron chi connectivity index (χ2n) is 6.12. The van der Waals surface area contributed by atoms with Gasteiger partial charge in [0.15, 0.2) is 9.84 Å². The molecule has 27 heavy (non-hydrogen) atoms. The van der Waals surface area contributed by atoms with Crippen LogP contribution in [0.4, 0.5) is 10.5 Å². The molecule has 2 rings (SSSR count). The van der Waals surface area contributed by atoms with Gasteiger partial charge in [-0.05, 0) is 30.2 Å². The topological polar surface area (TPSA) is 102 Å². The Morgan fingerprint density at radius 1 is 1.11 bits per heavy atom. The van der Waals surface area contributed by atoms with Crippen LogP contribution < -0.4 is 10.6 Å². The highest BCUT2D eigenvalue weighted by Crippen LogP contribution is 2.20. The Hall–Kier alpha value is -2.87. The third-order valence-electron chi connectivity index (χ3n) is 3.97. The van der Waals surface area contributed by atoms with Crippen LogP contribution in [0.2, 0.25) is 0 Å². The van der Waals surface area contributed by atoms with Crippen LogP contribution in [-0.2, 0) is 25.8 Å². The SMILES string of the molecule is COC(=O)NC(Cc1ccccc1)C(=O)Nc1cc(S(C)(=O)=O)ccc1C. The van der Waals surface area contributed by atoms with Crippen LogP contribution in [0.25, 0.3) is 0 Å². The van der Waals surface area contributed by atoms with Crippen molar-refractivity contribution in [2.45, 2.75) is 24.3 Å². The molecular formula is C19H22N2O5S. The number of sulfone groups is 1. The van der Waals surface area contributed by atoms with Gasteiger partial charge >= 0.3 is 6.09 Å². The second-order valence-corrected chi connectivity index (χ2v) is 8.13. The number of amides is 2. The van der Waals surface area contributed by atoms with E-state index in [0.717, 1.165) is 11.8 Å². The number of carbonyl (C=O) groups excluding carboxylic acids is 2. The Morgan fingerprint density at radius 2 is 1.78 bits per heavy atom. The molecule has 0 aliphatic carbocycles. The summed E-state index contributed by atoms with van der Waals surface area (Å²) in [5.74, 6) is -0.474. The molecule has 0 fully saturated rings. The molecule has 2 amide bonds. The Morgan fingerprint density at radius 3 is 2.37 bits per heavy atom. The van der Waals surface area contributed by atoms with Crippen LogP contribution in [0.1, 0.15) is 11.1 Å². The minimum Gasteiger partial charge on any atom is -0.453 e. The van der Waals surface area contributed by atoms with E-state index in [-0.39, 0.29) is 11.3 Å². The first-order chi connectivity index (χ1) is 12.7. The number of ether oxygens (including phenoxy) is 1. The number of methoxy groups -OCH3 is 1. The molecule has 0 radical (unpaired) electrons. The van der Waals surface area contributed by atoms with E-state index in [2.05, 4.69) is 15.4 Å². The number of alkyl carbamates (subject to hydrolysis) is 1. The summed E-state index contributed by atoms with van der Waals surface area (Å²) in [7, 11) is -2.20. The minimum atomic E-state index is -3.41. The maximum atomic E-state index is 12.8. The Bertz CT molecular complexity index is 926. The molecule has 2 aromatic carbocycles. The third kappa shape index (κ3) is 5.82. The number of benzene rings is 2. The van der Waals surface area contributed by atoms with E-state index in [4.69, 9.17) is 0 Å². The first-order valence-corrected chi connectivity index (χ1v) is 10.1. The van der Waals surface area contributed by atoms with Gasteiger partial charge in [0.05, 0.1) is 12.0 Å². The molecule has 0 spiro atoms. The molecule has 0 saturated carbocycles. The average Bonchev–Trinajstić information content (AvgIpc) is 2.62. The van der Waals surface area contributed by atoms with Gasteiger partial charge in [-0.2, -0.15) is 0 Å². The minimum absolute atomic E-state index is 0.101. The van der Waals surface area contributed by atoms with Crippen LogP contribution in [-0.4, -0.2) is 39.8 Å². The zero-order chi connectivity index (χ0) is 20.0. The Kier molecular flexibility index (Phi) is 6.57. The Labute approximate surface area is 158 Å². The largest absolute Gasteiger partial charge is 0.453 e. The summed E-state index contributed by atoms with van der Waals surface area (Å²) in [5, 5.41) is 5.21. The molecule has 2 N–H and O–H groups in total. The molecule has 1 atom stereocenters. The van der Waals surface area contributed by atoms with E-state index in [1.54, 1.807) is 13.0 Å². The first-order valence-electron chi connectivity index (χ1n) is 8.20. The molecule has 0 saturated heterocycles. The summed E-state index contributed by atoms with van der Waals surface area (Å²) in [6.07, 6.45) is 0.625. The van der Waals surface area contributed by atoms with Gasteiger partial charge in [-0.15, -0.1) is 0 Å². The van der Waals surface area contributed by atoms with Gasteiger partial charge in [-0.3, -0.25) is 4.79 Å². The predicted molar refractivity (Wildman–Crippen MR) is 102 cm³/mol. The fraction of sp³-hybridized carbons (Fsp3) is 0.263. The summed E-state index contributed by atoms with van der Waals surface area (Å²) in [5.41, 5.74) is 1.93. The summed E-state index contributed by atoms with van der Waals surface area (Å²) in [6, 6.07) is 12.8. The molecule has 1 unspecified atom stereocenters. The van der Waals surface area contributed by atoms with Crippen molar-refractivity contribution in [2.24, 2.45) is 0 Å². The lowest BCUT2D eigenvalue weighted by atomic mass is 10.0. The standard InChI is InChI=1S/C19H22N2O5S/c1-13-9-10-15(27(3,24)25)12-16(13)20-18(22)17(21-19(23)26-2)11-14-7-5-4-6-8-14/h4-10,12,17H,11H2,1-3H3,(H,20,22)(H,21,23). The molecule has 2 aromatic rings. The quantitative estimate of drug-likeness (QED) is 0.788. The molecule has 8 heteroatoms. The number of hydrogen-bond donors (Lipinski definition) is 2. The molecular weight excluding hydrogens is 368 g/mol. The van der Waals surface area contributed by atoms with E-state index in [9.17, 15) is 18.0 Å². The first kappa shape index (κ1) is 20.4. The van der Waals surface area contributed by atoms with Crippen molar-refractivity contribution in [3.63, 3.8) is 0 Å². The average molecular weight is 390 g/mol. The number of aryl methyl sites for hydroxylation is 1. The van der Waals surface area contributed by atoms with Crippen LogP contribution in [0.15, 0.2) is 53.4 Å². The van der Waals surface area contributed by atoms with Crippen molar-refractivity contribution >= 4 is 27.5 Å². The fourth-order valence-corrected chi connectivity index (χ4v) is 3.09. The molecule has 0 aliphatic rings. The van der Waals surface area contributed by atoms with Crippen molar-refractivity contribution < 1.29 is 22.7 Å².